The van der Waals surface area contributed by atoms with E-state index in [2.05, 4.69) is 15.3 Å². The molecule has 1 fully saturated rings. The molecule has 1 unspecified atom stereocenters. The Morgan fingerprint density at radius 2 is 2.12 bits per heavy atom. The second kappa shape index (κ2) is 6.78. The number of hydrogen-bond donors (Lipinski definition) is 1. The largest absolute Gasteiger partial charge is 0.369 e. The summed E-state index contributed by atoms with van der Waals surface area (Å²) in [6.07, 6.45) is 7.74. The molecule has 2 rings (SSSR count). The Hall–Kier alpha value is -0.710. The first-order valence-electron chi connectivity index (χ1n) is 5.48. The second-order valence-corrected chi connectivity index (χ2v) is 3.86. The van der Waals surface area contributed by atoms with E-state index in [1.165, 1.54) is 0 Å². The van der Waals surface area contributed by atoms with Crippen LogP contribution in [-0.2, 0) is 4.74 Å². The molecule has 1 N–H and O–H groups in total. The maximum Gasteiger partial charge on any atom is 0.0985 e. The molecular formula is C11H18ClN3O. The van der Waals surface area contributed by atoms with Crippen molar-refractivity contribution in [3.05, 3.63) is 24.3 Å². The van der Waals surface area contributed by atoms with Gasteiger partial charge in [0.15, 0.2) is 0 Å². The molecule has 1 saturated heterocycles. The predicted molar refractivity (Wildman–Crippen MR) is 64.7 cm³/mol. The number of rotatable bonds is 3. The minimum Gasteiger partial charge on any atom is -0.369 e. The minimum atomic E-state index is 0. The number of aromatic nitrogens is 2. The molecule has 16 heavy (non-hydrogen) atoms. The van der Waals surface area contributed by atoms with Crippen molar-refractivity contribution in [2.24, 2.45) is 0 Å². The summed E-state index contributed by atoms with van der Waals surface area (Å²) in [7, 11) is 0. The average molecular weight is 244 g/mol. The van der Waals surface area contributed by atoms with Gasteiger partial charge in [-0.2, -0.15) is 0 Å². The molecule has 4 nitrogen and oxygen atoms in total. The zero-order valence-corrected chi connectivity index (χ0v) is 10.2. The molecule has 90 valence electrons. The van der Waals surface area contributed by atoms with Gasteiger partial charge in [-0.15, -0.1) is 12.4 Å². The summed E-state index contributed by atoms with van der Waals surface area (Å²) in [5.74, 6) is 0. The van der Waals surface area contributed by atoms with Crippen molar-refractivity contribution < 1.29 is 4.74 Å². The molecule has 0 spiro atoms. The van der Waals surface area contributed by atoms with Gasteiger partial charge in [0.25, 0.3) is 0 Å². The quantitative estimate of drug-likeness (QED) is 0.879. The molecule has 0 aliphatic carbocycles. The number of ether oxygens (including phenoxy) is 1. The second-order valence-electron chi connectivity index (χ2n) is 3.86. The lowest BCUT2D eigenvalue weighted by atomic mass is 10.1. The van der Waals surface area contributed by atoms with Gasteiger partial charge in [-0.1, -0.05) is 0 Å². The molecule has 2 heterocycles. The lowest BCUT2D eigenvalue weighted by molar-refractivity contribution is -0.0207. The van der Waals surface area contributed by atoms with Crippen LogP contribution in [0.15, 0.2) is 18.6 Å². The first-order valence-corrected chi connectivity index (χ1v) is 5.48. The van der Waals surface area contributed by atoms with E-state index in [4.69, 9.17) is 4.74 Å². The lowest BCUT2D eigenvalue weighted by Crippen LogP contribution is -2.33. The smallest absolute Gasteiger partial charge is 0.0985 e. The van der Waals surface area contributed by atoms with Gasteiger partial charge in [-0.3, -0.25) is 9.97 Å². The number of nitrogens with zero attached hydrogens (tertiary/aromatic N) is 2. The maximum atomic E-state index is 5.93. The fraction of sp³-hybridized carbons (Fsp3) is 0.636. The standard InChI is InChI=1S/C11H17N3O.ClH/c1-9(11-8-13-6-7-14-11)15-10-2-4-12-5-3-10;/h6-10,12H,2-5H2,1H3;1H. The fourth-order valence-electron chi connectivity index (χ4n) is 1.81. The third-order valence-electron chi connectivity index (χ3n) is 2.68. The minimum absolute atomic E-state index is 0. The molecule has 0 amide bonds. The highest BCUT2D eigenvalue weighted by Gasteiger charge is 2.17. The van der Waals surface area contributed by atoms with E-state index in [-0.39, 0.29) is 18.5 Å². The summed E-state index contributed by atoms with van der Waals surface area (Å²) < 4.78 is 5.93. The molecule has 1 aromatic rings. The van der Waals surface area contributed by atoms with Crippen LogP contribution in [0.2, 0.25) is 0 Å². The van der Waals surface area contributed by atoms with Crippen LogP contribution in [0.3, 0.4) is 0 Å². The number of hydrogen-bond acceptors (Lipinski definition) is 4. The number of piperidine rings is 1. The highest BCUT2D eigenvalue weighted by atomic mass is 35.5. The third-order valence-corrected chi connectivity index (χ3v) is 2.68. The van der Waals surface area contributed by atoms with Gasteiger partial charge in [0.05, 0.1) is 24.1 Å². The van der Waals surface area contributed by atoms with E-state index in [1.54, 1.807) is 18.6 Å². The summed E-state index contributed by atoms with van der Waals surface area (Å²) >= 11 is 0. The van der Waals surface area contributed by atoms with Gasteiger partial charge in [0.1, 0.15) is 0 Å². The van der Waals surface area contributed by atoms with E-state index in [0.29, 0.717) is 6.10 Å². The van der Waals surface area contributed by atoms with Crippen LogP contribution in [0.4, 0.5) is 0 Å². The highest BCUT2D eigenvalue weighted by Crippen LogP contribution is 2.19. The Balaban J connectivity index is 0.00000128. The summed E-state index contributed by atoms with van der Waals surface area (Å²) in [6, 6.07) is 0. The van der Waals surface area contributed by atoms with Crippen molar-refractivity contribution in [3.63, 3.8) is 0 Å². The van der Waals surface area contributed by atoms with Crippen molar-refractivity contribution in [2.45, 2.75) is 32.0 Å². The van der Waals surface area contributed by atoms with E-state index in [0.717, 1.165) is 31.6 Å². The Bertz CT molecular complexity index is 291. The van der Waals surface area contributed by atoms with Crippen LogP contribution in [0.1, 0.15) is 31.6 Å². The van der Waals surface area contributed by atoms with E-state index in [1.807, 2.05) is 6.92 Å². The molecule has 0 bridgehead atoms. The van der Waals surface area contributed by atoms with Gasteiger partial charge in [0.2, 0.25) is 0 Å². The number of nitrogens with one attached hydrogen (secondary N) is 1. The number of halogens is 1. The highest BCUT2D eigenvalue weighted by molar-refractivity contribution is 5.85. The lowest BCUT2D eigenvalue weighted by Gasteiger charge is -2.25. The SMILES string of the molecule is CC(OC1CCNCC1)c1cnccn1.Cl. The molecule has 5 heteroatoms. The summed E-state index contributed by atoms with van der Waals surface area (Å²) in [5.41, 5.74) is 0.913. The summed E-state index contributed by atoms with van der Waals surface area (Å²) in [6.45, 7) is 4.14. The van der Waals surface area contributed by atoms with E-state index in [9.17, 15) is 0 Å². The first kappa shape index (κ1) is 13.4. The van der Waals surface area contributed by atoms with Crippen LogP contribution in [0.25, 0.3) is 0 Å². The summed E-state index contributed by atoms with van der Waals surface area (Å²) in [4.78, 5) is 8.29. The topological polar surface area (TPSA) is 47.0 Å². The van der Waals surface area contributed by atoms with Crippen molar-refractivity contribution >= 4 is 12.4 Å². The monoisotopic (exact) mass is 243 g/mol. The van der Waals surface area contributed by atoms with Gasteiger partial charge < -0.3 is 10.1 Å². The van der Waals surface area contributed by atoms with Crippen LogP contribution < -0.4 is 5.32 Å². The summed E-state index contributed by atoms with van der Waals surface area (Å²) in [5, 5.41) is 3.32. The molecular weight excluding hydrogens is 226 g/mol. The Morgan fingerprint density at radius 1 is 1.38 bits per heavy atom. The molecule has 1 atom stereocenters. The van der Waals surface area contributed by atoms with Crippen LogP contribution in [0.5, 0.6) is 0 Å². The van der Waals surface area contributed by atoms with E-state index >= 15 is 0 Å². The first-order chi connectivity index (χ1) is 7.36. The van der Waals surface area contributed by atoms with Crippen LogP contribution in [0, 0.1) is 0 Å². The Kier molecular flexibility index (Phi) is 5.66. The molecule has 1 aliphatic rings. The molecule has 0 radical (unpaired) electrons. The van der Waals surface area contributed by atoms with Gasteiger partial charge in [0, 0.05) is 12.4 Å². The van der Waals surface area contributed by atoms with Crippen LogP contribution >= 0.6 is 12.4 Å². The van der Waals surface area contributed by atoms with Crippen molar-refractivity contribution in [2.75, 3.05) is 13.1 Å². The third kappa shape index (κ3) is 3.70. The molecule has 1 aromatic heterocycles. The molecule has 0 saturated carbocycles. The van der Waals surface area contributed by atoms with Crippen molar-refractivity contribution in [3.8, 4) is 0 Å². The predicted octanol–water partition coefficient (Wildman–Crippen LogP) is 1.73. The maximum absolute atomic E-state index is 5.93. The Morgan fingerprint density at radius 3 is 2.75 bits per heavy atom. The van der Waals surface area contributed by atoms with Gasteiger partial charge in [-0.25, -0.2) is 0 Å². The zero-order valence-electron chi connectivity index (χ0n) is 9.43. The fourth-order valence-corrected chi connectivity index (χ4v) is 1.81. The van der Waals surface area contributed by atoms with E-state index < -0.39 is 0 Å². The molecule has 0 aromatic carbocycles. The average Bonchev–Trinajstić information content (AvgIpc) is 2.31. The van der Waals surface area contributed by atoms with Gasteiger partial charge in [-0.05, 0) is 32.9 Å². The Labute approximate surface area is 102 Å². The van der Waals surface area contributed by atoms with Crippen molar-refractivity contribution in [1.82, 2.24) is 15.3 Å². The molecule has 1 aliphatic heterocycles. The van der Waals surface area contributed by atoms with Gasteiger partial charge >= 0.3 is 0 Å². The van der Waals surface area contributed by atoms with Crippen molar-refractivity contribution in [1.29, 1.82) is 0 Å². The van der Waals surface area contributed by atoms with Crippen LogP contribution in [-0.4, -0.2) is 29.2 Å². The zero-order chi connectivity index (χ0) is 10.5. The normalized spacial score (nSPS) is 18.8.